The summed E-state index contributed by atoms with van der Waals surface area (Å²) in [6.07, 6.45) is 1.53. The van der Waals surface area contributed by atoms with Crippen LogP contribution in [-0.4, -0.2) is 56.3 Å². The molecule has 0 radical (unpaired) electrons. The van der Waals surface area contributed by atoms with Crippen LogP contribution in [-0.2, 0) is 4.79 Å². The summed E-state index contributed by atoms with van der Waals surface area (Å²) in [5.74, 6) is 0.828. The van der Waals surface area contributed by atoms with Crippen LogP contribution in [0.1, 0.15) is 23.5 Å². The van der Waals surface area contributed by atoms with Crippen LogP contribution in [0.15, 0.2) is 12.3 Å². The van der Waals surface area contributed by atoms with E-state index in [1.165, 1.54) is 16.9 Å². The number of aromatic nitrogens is 2. The quantitative estimate of drug-likeness (QED) is 0.875. The Morgan fingerprint density at radius 1 is 1.44 bits per heavy atom. The molecule has 1 aliphatic heterocycles. The van der Waals surface area contributed by atoms with Crippen molar-refractivity contribution in [2.45, 2.75) is 13.0 Å². The van der Waals surface area contributed by atoms with E-state index in [0.717, 1.165) is 24.6 Å². The summed E-state index contributed by atoms with van der Waals surface area (Å²) < 4.78 is 1.41. The lowest BCUT2D eigenvalue weighted by atomic mass is 10.3. The van der Waals surface area contributed by atoms with Crippen LogP contribution in [0.25, 0.3) is 0 Å². The van der Waals surface area contributed by atoms with E-state index in [2.05, 4.69) is 5.10 Å². The molecule has 1 saturated heterocycles. The maximum atomic E-state index is 12.2. The highest BCUT2D eigenvalue weighted by atomic mass is 32.2. The first-order chi connectivity index (χ1) is 8.59. The first-order valence-corrected chi connectivity index (χ1v) is 6.90. The van der Waals surface area contributed by atoms with Crippen LogP contribution >= 0.6 is 11.8 Å². The number of amides is 1. The fraction of sp³-hybridized carbons (Fsp3) is 0.545. The zero-order chi connectivity index (χ0) is 13.1. The van der Waals surface area contributed by atoms with Crippen molar-refractivity contribution >= 4 is 23.6 Å². The average Bonchev–Trinajstić information content (AvgIpc) is 2.88. The summed E-state index contributed by atoms with van der Waals surface area (Å²) in [5, 5.41) is 12.7. The van der Waals surface area contributed by atoms with Gasteiger partial charge in [-0.25, -0.2) is 4.79 Å². The smallest absolute Gasteiger partial charge is 0.356 e. The van der Waals surface area contributed by atoms with E-state index >= 15 is 0 Å². The molecule has 18 heavy (non-hydrogen) atoms. The Morgan fingerprint density at radius 2 is 2.11 bits per heavy atom. The molecule has 6 nitrogen and oxygen atoms in total. The normalized spacial score (nSPS) is 17.5. The fourth-order valence-corrected chi connectivity index (χ4v) is 2.73. The zero-order valence-corrected chi connectivity index (χ0v) is 10.9. The van der Waals surface area contributed by atoms with E-state index in [0.29, 0.717) is 0 Å². The SMILES string of the molecule is CC(C(=O)N1CCSCC1)n1ccc(C(=O)O)n1. The summed E-state index contributed by atoms with van der Waals surface area (Å²) in [7, 11) is 0. The fourth-order valence-electron chi connectivity index (χ4n) is 1.83. The highest BCUT2D eigenvalue weighted by Gasteiger charge is 2.24. The first kappa shape index (κ1) is 12.9. The van der Waals surface area contributed by atoms with Gasteiger partial charge in [-0.1, -0.05) is 0 Å². The van der Waals surface area contributed by atoms with Crippen molar-refractivity contribution in [1.82, 2.24) is 14.7 Å². The Bertz CT molecular complexity index is 454. The van der Waals surface area contributed by atoms with E-state index in [4.69, 9.17) is 5.11 Å². The van der Waals surface area contributed by atoms with Gasteiger partial charge in [-0.2, -0.15) is 16.9 Å². The Labute approximate surface area is 109 Å². The van der Waals surface area contributed by atoms with Crippen molar-refractivity contribution in [3.63, 3.8) is 0 Å². The third-order valence-electron chi connectivity index (χ3n) is 2.90. The molecule has 2 heterocycles. The molecule has 1 unspecified atom stereocenters. The van der Waals surface area contributed by atoms with Crippen LogP contribution < -0.4 is 0 Å². The Balaban J connectivity index is 2.06. The van der Waals surface area contributed by atoms with Crippen molar-refractivity contribution in [1.29, 1.82) is 0 Å². The molecule has 1 aliphatic rings. The van der Waals surface area contributed by atoms with Gasteiger partial charge in [-0.15, -0.1) is 0 Å². The van der Waals surface area contributed by atoms with Gasteiger partial charge >= 0.3 is 5.97 Å². The van der Waals surface area contributed by atoms with Crippen molar-refractivity contribution in [3.8, 4) is 0 Å². The number of rotatable bonds is 3. The predicted octanol–water partition coefficient (Wildman–Crippen LogP) is 0.718. The van der Waals surface area contributed by atoms with E-state index in [9.17, 15) is 9.59 Å². The van der Waals surface area contributed by atoms with Gasteiger partial charge < -0.3 is 10.0 Å². The number of thioether (sulfide) groups is 1. The van der Waals surface area contributed by atoms with Gasteiger partial charge in [0.05, 0.1) is 0 Å². The van der Waals surface area contributed by atoms with Crippen molar-refractivity contribution < 1.29 is 14.7 Å². The summed E-state index contributed by atoms with van der Waals surface area (Å²) in [6.45, 7) is 3.24. The second-order valence-corrected chi connectivity index (χ2v) is 5.32. The number of carbonyl (C=O) groups excluding carboxylic acids is 1. The number of aromatic carboxylic acids is 1. The minimum Gasteiger partial charge on any atom is -0.476 e. The van der Waals surface area contributed by atoms with Gasteiger partial charge in [0.2, 0.25) is 5.91 Å². The van der Waals surface area contributed by atoms with Crippen molar-refractivity contribution in [3.05, 3.63) is 18.0 Å². The lowest BCUT2D eigenvalue weighted by Gasteiger charge is -2.28. The summed E-state index contributed by atoms with van der Waals surface area (Å²) in [5.41, 5.74) is -0.0381. The third-order valence-corrected chi connectivity index (χ3v) is 3.85. The van der Waals surface area contributed by atoms with Gasteiger partial charge in [0, 0.05) is 30.8 Å². The molecule has 0 aromatic carbocycles. The molecule has 1 atom stereocenters. The molecule has 0 saturated carbocycles. The monoisotopic (exact) mass is 269 g/mol. The predicted molar refractivity (Wildman–Crippen MR) is 67.8 cm³/mol. The van der Waals surface area contributed by atoms with Crippen LogP contribution in [0.5, 0.6) is 0 Å². The summed E-state index contributed by atoms with van der Waals surface area (Å²) in [6, 6.07) is 0.944. The van der Waals surface area contributed by atoms with Crippen LogP contribution in [0, 0.1) is 0 Å². The molecular weight excluding hydrogens is 254 g/mol. The van der Waals surface area contributed by atoms with E-state index < -0.39 is 12.0 Å². The molecule has 0 aliphatic carbocycles. The highest BCUT2D eigenvalue weighted by Crippen LogP contribution is 2.15. The summed E-state index contributed by atoms with van der Waals surface area (Å²) in [4.78, 5) is 24.7. The molecule has 2 rings (SSSR count). The third kappa shape index (κ3) is 2.66. The molecule has 1 aromatic rings. The number of carbonyl (C=O) groups is 2. The highest BCUT2D eigenvalue weighted by molar-refractivity contribution is 7.99. The number of hydrogen-bond acceptors (Lipinski definition) is 4. The molecule has 1 aromatic heterocycles. The minimum atomic E-state index is -1.08. The average molecular weight is 269 g/mol. The van der Waals surface area contributed by atoms with Gasteiger partial charge in [-0.05, 0) is 13.0 Å². The topological polar surface area (TPSA) is 75.4 Å². The van der Waals surface area contributed by atoms with E-state index in [1.807, 2.05) is 16.7 Å². The lowest BCUT2D eigenvalue weighted by molar-refractivity contribution is -0.134. The van der Waals surface area contributed by atoms with Gasteiger partial charge in [0.15, 0.2) is 5.69 Å². The second-order valence-electron chi connectivity index (χ2n) is 4.10. The molecular formula is C11H15N3O3S. The molecule has 98 valence electrons. The second kappa shape index (κ2) is 5.43. The van der Waals surface area contributed by atoms with E-state index in [1.54, 1.807) is 6.92 Å². The number of carboxylic acid groups (broad SMARTS) is 1. The lowest BCUT2D eigenvalue weighted by Crippen LogP contribution is -2.41. The van der Waals surface area contributed by atoms with Crippen LogP contribution in [0.3, 0.4) is 0 Å². The molecule has 0 spiro atoms. The van der Waals surface area contributed by atoms with Gasteiger partial charge in [-0.3, -0.25) is 9.48 Å². The standard InChI is InChI=1S/C11H15N3O3S/c1-8(10(15)13-4-6-18-7-5-13)14-3-2-9(12-14)11(16)17/h2-3,8H,4-7H2,1H3,(H,16,17). The number of carboxylic acids is 1. The molecule has 1 fully saturated rings. The van der Waals surface area contributed by atoms with Crippen LogP contribution in [0.4, 0.5) is 0 Å². The molecule has 1 N–H and O–H groups in total. The first-order valence-electron chi connectivity index (χ1n) is 5.74. The maximum Gasteiger partial charge on any atom is 0.356 e. The molecule has 0 bridgehead atoms. The number of hydrogen-bond donors (Lipinski definition) is 1. The Morgan fingerprint density at radius 3 is 2.67 bits per heavy atom. The summed E-state index contributed by atoms with van der Waals surface area (Å²) >= 11 is 1.84. The van der Waals surface area contributed by atoms with Crippen LogP contribution in [0.2, 0.25) is 0 Å². The molecule has 1 amide bonds. The minimum absolute atomic E-state index is 0.00432. The van der Waals surface area contributed by atoms with Crippen molar-refractivity contribution in [2.75, 3.05) is 24.6 Å². The Hall–Kier alpha value is -1.50. The number of nitrogens with zero attached hydrogens (tertiary/aromatic N) is 3. The van der Waals surface area contributed by atoms with E-state index in [-0.39, 0.29) is 11.6 Å². The van der Waals surface area contributed by atoms with Gasteiger partial charge in [0.25, 0.3) is 0 Å². The zero-order valence-electron chi connectivity index (χ0n) is 10.1. The van der Waals surface area contributed by atoms with Gasteiger partial charge in [0.1, 0.15) is 6.04 Å². The molecule has 7 heteroatoms. The Kier molecular flexibility index (Phi) is 3.90. The van der Waals surface area contributed by atoms with Crippen molar-refractivity contribution in [2.24, 2.45) is 0 Å². The maximum absolute atomic E-state index is 12.2. The largest absolute Gasteiger partial charge is 0.476 e.